The van der Waals surface area contributed by atoms with Crippen LogP contribution in [0.25, 0.3) is 0 Å². The van der Waals surface area contributed by atoms with E-state index in [-0.39, 0.29) is 24.4 Å². The predicted molar refractivity (Wildman–Crippen MR) is 100 cm³/mol. The molecular weight excluding hydrogens is 348 g/mol. The molecule has 3 rings (SSSR count). The van der Waals surface area contributed by atoms with Crippen LogP contribution in [0.1, 0.15) is 45.4 Å². The molecule has 2 saturated heterocycles. The molecular formula is C19H32N4O4. The Kier molecular flexibility index (Phi) is 6.93. The lowest BCUT2D eigenvalue weighted by molar-refractivity contribution is -0.141. The zero-order chi connectivity index (χ0) is 19.2. The van der Waals surface area contributed by atoms with Crippen LogP contribution in [0.15, 0.2) is 0 Å². The Morgan fingerprint density at radius 1 is 1.04 bits per heavy atom. The minimum Gasteiger partial charge on any atom is -0.465 e. The van der Waals surface area contributed by atoms with E-state index in [1.807, 2.05) is 0 Å². The Hall–Kier alpha value is -1.83. The molecule has 1 saturated carbocycles. The second kappa shape index (κ2) is 9.39. The molecule has 2 heterocycles. The van der Waals surface area contributed by atoms with Gasteiger partial charge in [-0.05, 0) is 52.0 Å². The molecule has 0 aromatic rings. The fraction of sp³-hybridized carbons (Fsp3) is 0.842. The standard InChI is InChI=1S/C19H32N4O4/c1-2-27-17(24)12-20-19(26)22-10-7-16(8-11-22)23-9-3-4-14(13-23)18(25)21-15-5-6-15/h14-16H,2-13H2,1H3,(H,20,26)(H,21,25)/t14-/m0/s1. The van der Waals surface area contributed by atoms with Crippen LogP contribution < -0.4 is 10.6 Å². The first-order chi connectivity index (χ1) is 13.1. The number of urea groups is 1. The van der Waals surface area contributed by atoms with Crippen LogP contribution >= 0.6 is 0 Å². The van der Waals surface area contributed by atoms with Crippen LogP contribution in [-0.4, -0.2) is 79.1 Å². The highest BCUT2D eigenvalue weighted by atomic mass is 16.5. The van der Waals surface area contributed by atoms with Crippen LogP contribution in [0.2, 0.25) is 0 Å². The Morgan fingerprint density at radius 3 is 2.44 bits per heavy atom. The maximum Gasteiger partial charge on any atom is 0.325 e. The molecule has 1 aliphatic carbocycles. The Balaban J connectivity index is 1.39. The summed E-state index contributed by atoms with van der Waals surface area (Å²) >= 11 is 0. The minimum absolute atomic E-state index is 0.0868. The van der Waals surface area contributed by atoms with Gasteiger partial charge in [0.2, 0.25) is 5.91 Å². The van der Waals surface area contributed by atoms with E-state index in [0.717, 1.165) is 51.6 Å². The third-order valence-electron chi connectivity index (χ3n) is 5.70. The van der Waals surface area contributed by atoms with Crippen molar-refractivity contribution in [3.8, 4) is 0 Å². The zero-order valence-electron chi connectivity index (χ0n) is 16.2. The summed E-state index contributed by atoms with van der Waals surface area (Å²) in [4.78, 5) is 40.1. The first-order valence-corrected chi connectivity index (χ1v) is 10.3. The van der Waals surface area contributed by atoms with Gasteiger partial charge in [-0.25, -0.2) is 4.79 Å². The molecule has 3 fully saturated rings. The zero-order valence-corrected chi connectivity index (χ0v) is 16.2. The number of piperidine rings is 2. The van der Waals surface area contributed by atoms with Crippen molar-refractivity contribution in [2.45, 2.75) is 57.5 Å². The Bertz CT molecular complexity index is 544. The van der Waals surface area contributed by atoms with E-state index in [0.29, 0.717) is 31.8 Å². The van der Waals surface area contributed by atoms with Crippen molar-refractivity contribution < 1.29 is 19.1 Å². The van der Waals surface area contributed by atoms with Crippen molar-refractivity contribution in [3.05, 3.63) is 0 Å². The third kappa shape index (κ3) is 5.82. The lowest BCUT2D eigenvalue weighted by Crippen LogP contribution is -2.53. The summed E-state index contributed by atoms with van der Waals surface area (Å²) in [5.74, 6) is -0.0900. The molecule has 0 aromatic carbocycles. The van der Waals surface area contributed by atoms with Crippen molar-refractivity contribution in [1.82, 2.24) is 20.4 Å². The predicted octanol–water partition coefficient (Wildman–Crippen LogP) is 0.714. The highest BCUT2D eigenvalue weighted by Gasteiger charge is 2.34. The number of amides is 3. The number of nitrogens with zero attached hydrogens (tertiary/aromatic N) is 2. The van der Waals surface area contributed by atoms with Crippen molar-refractivity contribution >= 4 is 17.9 Å². The minimum atomic E-state index is -0.412. The number of likely N-dealkylation sites (tertiary alicyclic amines) is 2. The van der Waals surface area contributed by atoms with Gasteiger partial charge in [0.1, 0.15) is 6.54 Å². The summed E-state index contributed by atoms with van der Waals surface area (Å²) in [5, 5.41) is 5.76. The lowest BCUT2D eigenvalue weighted by atomic mass is 9.93. The van der Waals surface area contributed by atoms with E-state index in [9.17, 15) is 14.4 Å². The van der Waals surface area contributed by atoms with Gasteiger partial charge in [0.15, 0.2) is 0 Å². The number of esters is 1. The van der Waals surface area contributed by atoms with Crippen molar-refractivity contribution in [2.75, 3.05) is 39.3 Å². The van der Waals surface area contributed by atoms with Crippen LogP contribution in [0.5, 0.6) is 0 Å². The monoisotopic (exact) mass is 380 g/mol. The molecule has 8 nitrogen and oxygen atoms in total. The highest BCUT2D eigenvalue weighted by molar-refractivity contribution is 5.81. The van der Waals surface area contributed by atoms with Crippen molar-refractivity contribution in [1.29, 1.82) is 0 Å². The van der Waals surface area contributed by atoms with Crippen LogP contribution in [-0.2, 0) is 14.3 Å². The molecule has 2 aliphatic heterocycles. The average Bonchev–Trinajstić information content (AvgIpc) is 3.50. The van der Waals surface area contributed by atoms with Gasteiger partial charge < -0.3 is 20.3 Å². The van der Waals surface area contributed by atoms with Crippen LogP contribution in [0.3, 0.4) is 0 Å². The van der Waals surface area contributed by atoms with Gasteiger partial charge in [-0.3, -0.25) is 14.5 Å². The number of ether oxygens (including phenoxy) is 1. The molecule has 0 aromatic heterocycles. The molecule has 152 valence electrons. The molecule has 0 spiro atoms. The molecule has 0 unspecified atom stereocenters. The smallest absolute Gasteiger partial charge is 0.325 e. The number of rotatable bonds is 6. The summed E-state index contributed by atoms with van der Waals surface area (Å²) in [6.45, 7) is 5.19. The number of hydrogen-bond acceptors (Lipinski definition) is 5. The maximum atomic E-state index is 12.4. The average molecular weight is 380 g/mol. The number of nitrogens with one attached hydrogen (secondary N) is 2. The molecule has 27 heavy (non-hydrogen) atoms. The summed E-state index contributed by atoms with van der Waals surface area (Å²) in [6.07, 6.45) is 6.10. The maximum absolute atomic E-state index is 12.4. The fourth-order valence-corrected chi connectivity index (χ4v) is 4.00. The van der Waals surface area contributed by atoms with Crippen LogP contribution in [0, 0.1) is 5.92 Å². The topological polar surface area (TPSA) is 91.0 Å². The van der Waals surface area contributed by atoms with E-state index in [4.69, 9.17) is 4.74 Å². The molecule has 8 heteroatoms. The summed E-state index contributed by atoms with van der Waals surface area (Å²) in [7, 11) is 0. The fourth-order valence-electron chi connectivity index (χ4n) is 4.00. The van der Waals surface area contributed by atoms with Crippen molar-refractivity contribution in [3.63, 3.8) is 0 Å². The molecule has 2 N–H and O–H groups in total. The first kappa shape index (κ1) is 19.9. The number of carbonyl (C=O) groups is 3. The number of hydrogen-bond donors (Lipinski definition) is 2. The highest BCUT2D eigenvalue weighted by Crippen LogP contribution is 2.25. The van der Waals surface area contributed by atoms with E-state index >= 15 is 0 Å². The Morgan fingerprint density at radius 2 is 1.78 bits per heavy atom. The first-order valence-electron chi connectivity index (χ1n) is 10.3. The van der Waals surface area contributed by atoms with E-state index in [1.165, 1.54) is 0 Å². The molecule has 0 bridgehead atoms. The largest absolute Gasteiger partial charge is 0.465 e. The second-order valence-electron chi connectivity index (χ2n) is 7.80. The summed E-state index contributed by atoms with van der Waals surface area (Å²) in [6, 6.07) is 0.640. The van der Waals surface area contributed by atoms with Gasteiger partial charge in [-0.15, -0.1) is 0 Å². The third-order valence-corrected chi connectivity index (χ3v) is 5.70. The van der Waals surface area contributed by atoms with Gasteiger partial charge >= 0.3 is 12.0 Å². The molecule has 0 radical (unpaired) electrons. The van der Waals surface area contributed by atoms with E-state index < -0.39 is 5.97 Å². The normalized spacial score (nSPS) is 24.3. The molecule has 3 aliphatic rings. The summed E-state index contributed by atoms with van der Waals surface area (Å²) < 4.78 is 4.82. The second-order valence-corrected chi connectivity index (χ2v) is 7.80. The van der Waals surface area contributed by atoms with Crippen molar-refractivity contribution in [2.24, 2.45) is 5.92 Å². The SMILES string of the molecule is CCOC(=O)CNC(=O)N1CCC(N2CCC[C@H](C(=O)NC3CC3)C2)CC1. The van der Waals surface area contributed by atoms with Gasteiger partial charge in [-0.1, -0.05) is 0 Å². The molecule has 3 amide bonds. The number of carbonyl (C=O) groups excluding carboxylic acids is 3. The van der Waals surface area contributed by atoms with Gasteiger partial charge in [0, 0.05) is 31.7 Å². The Labute approximate surface area is 161 Å². The lowest BCUT2D eigenvalue weighted by Gasteiger charge is -2.42. The van der Waals surface area contributed by atoms with Gasteiger partial charge in [0.25, 0.3) is 0 Å². The van der Waals surface area contributed by atoms with Crippen LogP contribution in [0.4, 0.5) is 4.79 Å². The van der Waals surface area contributed by atoms with Gasteiger partial charge in [0.05, 0.1) is 12.5 Å². The summed E-state index contributed by atoms with van der Waals surface area (Å²) in [5.41, 5.74) is 0. The van der Waals surface area contributed by atoms with E-state index in [1.54, 1.807) is 11.8 Å². The van der Waals surface area contributed by atoms with Gasteiger partial charge in [-0.2, -0.15) is 0 Å². The molecule has 1 atom stereocenters. The van der Waals surface area contributed by atoms with E-state index in [2.05, 4.69) is 15.5 Å². The quantitative estimate of drug-likeness (QED) is 0.663.